The van der Waals surface area contributed by atoms with E-state index in [0.29, 0.717) is 0 Å². The summed E-state index contributed by atoms with van der Waals surface area (Å²) in [5, 5.41) is 10.7. The van der Waals surface area contributed by atoms with Crippen molar-refractivity contribution >= 4 is 0 Å². The molecule has 3 aromatic rings. The number of furan rings is 1. The summed E-state index contributed by atoms with van der Waals surface area (Å²) in [6, 6.07) is 14.6. The molecule has 0 fully saturated rings. The third kappa shape index (κ3) is 3.06. The second kappa shape index (κ2) is 5.97. The fourth-order valence-corrected chi connectivity index (χ4v) is 2.35. The molecule has 108 valence electrons. The van der Waals surface area contributed by atoms with E-state index in [2.05, 4.69) is 46.7 Å². The summed E-state index contributed by atoms with van der Waals surface area (Å²) in [6.07, 6.45) is 1.85. The number of aryl methyl sites for hydroxylation is 1. The molecule has 21 heavy (non-hydrogen) atoms. The van der Waals surface area contributed by atoms with Gasteiger partial charge in [0.2, 0.25) is 0 Å². The first kappa shape index (κ1) is 13.6. The largest absolute Gasteiger partial charge is 0.460 e. The number of rotatable bonds is 5. The molecule has 3 rings (SSSR count). The van der Waals surface area contributed by atoms with Crippen molar-refractivity contribution in [3.05, 3.63) is 65.5 Å². The number of hydrogen-bond donors (Lipinski definition) is 2. The second-order valence-corrected chi connectivity index (χ2v) is 5.19. The van der Waals surface area contributed by atoms with E-state index < -0.39 is 0 Å². The molecule has 1 atom stereocenters. The molecule has 0 radical (unpaired) electrons. The van der Waals surface area contributed by atoms with E-state index in [4.69, 9.17) is 4.42 Å². The van der Waals surface area contributed by atoms with Gasteiger partial charge >= 0.3 is 0 Å². The van der Waals surface area contributed by atoms with Gasteiger partial charge in [-0.3, -0.25) is 5.10 Å². The molecule has 4 heteroatoms. The van der Waals surface area contributed by atoms with Crippen LogP contribution in [0.4, 0.5) is 0 Å². The molecule has 0 saturated heterocycles. The van der Waals surface area contributed by atoms with Gasteiger partial charge in [0.25, 0.3) is 0 Å². The van der Waals surface area contributed by atoms with Crippen LogP contribution in [0.5, 0.6) is 0 Å². The van der Waals surface area contributed by atoms with Gasteiger partial charge in [0.05, 0.1) is 6.20 Å². The van der Waals surface area contributed by atoms with E-state index in [1.54, 1.807) is 0 Å². The smallest absolute Gasteiger partial charge is 0.152 e. The van der Waals surface area contributed by atoms with E-state index in [0.717, 1.165) is 29.3 Å². The zero-order valence-electron chi connectivity index (χ0n) is 12.3. The van der Waals surface area contributed by atoms with Crippen molar-refractivity contribution in [2.24, 2.45) is 0 Å². The van der Waals surface area contributed by atoms with Gasteiger partial charge in [0.15, 0.2) is 5.76 Å². The Hall–Kier alpha value is -2.33. The predicted octanol–water partition coefficient (Wildman–Crippen LogP) is 3.83. The number of nitrogens with one attached hydrogen (secondary N) is 2. The van der Waals surface area contributed by atoms with Crippen LogP contribution in [0.2, 0.25) is 0 Å². The van der Waals surface area contributed by atoms with Crippen LogP contribution in [0.25, 0.3) is 11.5 Å². The average Bonchev–Trinajstić information content (AvgIpc) is 3.14. The highest BCUT2D eigenvalue weighted by Gasteiger charge is 2.12. The Morgan fingerprint density at radius 3 is 2.71 bits per heavy atom. The minimum Gasteiger partial charge on any atom is -0.460 e. The number of hydrogen-bond acceptors (Lipinski definition) is 3. The van der Waals surface area contributed by atoms with E-state index in [9.17, 15) is 0 Å². The number of nitrogens with zero attached hydrogens (tertiary/aromatic N) is 1. The molecule has 2 heterocycles. The van der Waals surface area contributed by atoms with Crippen LogP contribution in [-0.2, 0) is 6.54 Å². The van der Waals surface area contributed by atoms with Crippen LogP contribution in [0, 0.1) is 6.92 Å². The maximum absolute atomic E-state index is 5.66. The Labute approximate surface area is 124 Å². The SMILES string of the molecule is Cc1ccc(-c2[nH]ncc2CN[C@@H](C)c2ccccc2)o1. The Balaban J connectivity index is 1.71. The molecule has 0 aliphatic heterocycles. The number of aromatic amines is 1. The van der Waals surface area contributed by atoms with Crippen molar-refractivity contribution in [3.63, 3.8) is 0 Å². The van der Waals surface area contributed by atoms with Gasteiger partial charge in [0.1, 0.15) is 11.5 Å². The molecular formula is C17H19N3O. The van der Waals surface area contributed by atoms with Gasteiger partial charge in [-0.1, -0.05) is 30.3 Å². The first-order valence-electron chi connectivity index (χ1n) is 7.11. The zero-order valence-corrected chi connectivity index (χ0v) is 12.3. The fourth-order valence-electron chi connectivity index (χ4n) is 2.35. The van der Waals surface area contributed by atoms with E-state index in [1.807, 2.05) is 31.3 Å². The second-order valence-electron chi connectivity index (χ2n) is 5.19. The lowest BCUT2D eigenvalue weighted by molar-refractivity contribution is 0.542. The summed E-state index contributed by atoms with van der Waals surface area (Å²) < 4.78 is 5.66. The first-order valence-corrected chi connectivity index (χ1v) is 7.11. The number of aromatic nitrogens is 2. The first-order chi connectivity index (χ1) is 10.2. The highest BCUT2D eigenvalue weighted by molar-refractivity contribution is 5.56. The highest BCUT2D eigenvalue weighted by atomic mass is 16.3. The molecule has 1 aromatic carbocycles. The molecule has 0 bridgehead atoms. The molecule has 4 nitrogen and oxygen atoms in total. The summed E-state index contributed by atoms with van der Waals surface area (Å²) in [5.41, 5.74) is 3.32. The standard InChI is InChI=1S/C17H19N3O/c1-12-8-9-16(21-12)17-15(11-19-20-17)10-18-13(2)14-6-4-3-5-7-14/h3-9,11,13,18H,10H2,1-2H3,(H,19,20)/t13-/m0/s1. The summed E-state index contributed by atoms with van der Waals surface area (Å²) >= 11 is 0. The molecule has 0 amide bonds. The van der Waals surface area contributed by atoms with Gasteiger partial charge in [-0.05, 0) is 31.5 Å². The topological polar surface area (TPSA) is 53.9 Å². The van der Waals surface area contributed by atoms with Gasteiger partial charge in [-0.25, -0.2) is 0 Å². The van der Waals surface area contributed by atoms with Crippen LogP contribution in [0.1, 0.15) is 29.9 Å². The lowest BCUT2D eigenvalue weighted by atomic mass is 10.1. The van der Waals surface area contributed by atoms with Crippen LogP contribution < -0.4 is 5.32 Å². The molecule has 0 unspecified atom stereocenters. The summed E-state index contributed by atoms with van der Waals surface area (Å²) in [6.45, 7) is 4.84. The Kier molecular flexibility index (Phi) is 3.88. The molecule has 2 aromatic heterocycles. The molecule has 0 saturated carbocycles. The molecular weight excluding hydrogens is 262 g/mol. The van der Waals surface area contributed by atoms with E-state index >= 15 is 0 Å². The Bertz CT molecular complexity index is 700. The van der Waals surface area contributed by atoms with Gasteiger partial charge in [-0.2, -0.15) is 5.10 Å². The zero-order chi connectivity index (χ0) is 14.7. The quantitative estimate of drug-likeness (QED) is 0.747. The van der Waals surface area contributed by atoms with Crippen LogP contribution >= 0.6 is 0 Å². The molecule has 2 N–H and O–H groups in total. The normalized spacial score (nSPS) is 12.5. The molecule has 0 spiro atoms. The van der Waals surface area contributed by atoms with Crippen molar-refractivity contribution in [1.82, 2.24) is 15.5 Å². The average molecular weight is 281 g/mol. The van der Waals surface area contributed by atoms with E-state index in [1.165, 1.54) is 5.56 Å². The van der Waals surface area contributed by atoms with Crippen molar-refractivity contribution in [3.8, 4) is 11.5 Å². The Morgan fingerprint density at radius 2 is 2.00 bits per heavy atom. The molecule has 0 aliphatic rings. The predicted molar refractivity (Wildman–Crippen MR) is 82.7 cm³/mol. The summed E-state index contributed by atoms with van der Waals surface area (Å²) in [4.78, 5) is 0. The number of benzene rings is 1. The van der Waals surface area contributed by atoms with Gasteiger partial charge < -0.3 is 9.73 Å². The van der Waals surface area contributed by atoms with Crippen molar-refractivity contribution < 1.29 is 4.42 Å². The minimum atomic E-state index is 0.285. The van der Waals surface area contributed by atoms with Crippen LogP contribution in [0.15, 0.2) is 53.1 Å². The Morgan fingerprint density at radius 1 is 1.19 bits per heavy atom. The van der Waals surface area contributed by atoms with Crippen molar-refractivity contribution in [1.29, 1.82) is 0 Å². The maximum atomic E-state index is 5.66. The lowest BCUT2D eigenvalue weighted by Gasteiger charge is -2.13. The molecule has 0 aliphatic carbocycles. The summed E-state index contributed by atoms with van der Waals surface area (Å²) in [5.74, 6) is 1.73. The monoisotopic (exact) mass is 281 g/mol. The van der Waals surface area contributed by atoms with Crippen LogP contribution in [0.3, 0.4) is 0 Å². The van der Waals surface area contributed by atoms with Crippen LogP contribution in [-0.4, -0.2) is 10.2 Å². The third-order valence-electron chi connectivity index (χ3n) is 3.60. The fraction of sp³-hybridized carbons (Fsp3) is 0.235. The van der Waals surface area contributed by atoms with Crippen molar-refractivity contribution in [2.45, 2.75) is 26.4 Å². The van der Waals surface area contributed by atoms with Crippen molar-refractivity contribution in [2.75, 3.05) is 0 Å². The summed E-state index contributed by atoms with van der Waals surface area (Å²) in [7, 11) is 0. The van der Waals surface area contributed by atoms with Gasteiger partial charge in [0, 0.05) is 18.2 Å². The lowest BCUT2D eigenvalue weighted by Crippen LogP contribution is -2.18. The number of H-pyrrole nitrogens is 1. The van der Waals surface area contributed by atoms with Gasteiger partial charge in [-0.15, -0.1) is 0 Å². The highest BCUT2D eigenvalue weighted by Crippen LogP contribution is 2.23. The van der Waals surface area contributed by atoms with E-state index in [-0.39, 0.29) is 6.04 Å². The maximum Gasteiger partial charge on any atom is 0.152 e. The minimum absolute atomic E-state index is 0.285. The third-order valence-corrected chi connectivity index (χ3v) is 3.60.